The summed E-state index contributed by atoms with van der Waals surface area (Å²) in [6, 6.07) is 3.99. The lowest BCUT2D eigenvalue weighted by Crippen LogP contribution is -2.28. The molecule has 0 saturated carbocycles. The second-order valence-corrected chi connectivity index (χ2v) is 4.93. The normalized spacial score (nSPS) is 22.0. The summed E-state index contributed by atoms with van der Waals surface area (Å²) in [6.45, 7) is 2.22. The average Bonchev–Trinajstić information content (AvgIpc) is 2.74. The lowest BCUT2D eigenvalue weighted by Gasteiger charge is -2.20. The van der Waals surface area contributed by atoms with Gasteiger partial charge in [-0.1, -0.05) is 11.3 Å². The van der Waals surface area contributed by atoms with Gasteiger partial charge in [0.15, 0.2) is 0 Å². The number of thiazole rings is 1. The van der Waals surface area contributed by atoms with Gasteiger partial charge in [0.2, 0.25) is 0 Å². The highest BCUT2D eigenvalue weighted by Gasteiger charge is 2.18. The second kappa shape index (κ2) is 3.87. The molecule has 1 N–H and O–H groups in total. The van der Waals surface area contributed by atoms with Crippen LogP contribution in [0.4, 0.5) is 0 Å². The molecule has 0 radical (unpaired) electrons. The van der Waals surface area contributed by atoms with Crippen molar-refractivity contribution in [1.82, 2.24) is 15.3 Å². The van der Waals surface area contributed by atoms with Crippen LogP contribution < -0.4 is 5.32 Å². The molecule has 0 amide bonds. The van der Waals surface area contributed by atoms with E-state index in [1.807, 2.05) is 18.3 Å². The maximum Gasteiger partial charge on any atom is 0.143 e. The van der Waals surface area contributed by atoms with Crippen molar-refractivity contribution in [2.75, 3.05) is 13.1 Å². The predicted octanol–water partition coefficient (Wildman–Crippen LogP) is 2.16. The average molecular weight is 219 g/mol. The standard InChI is InChI=1S/C11H13N3S/c1-3-8(7-12-5-1)10-14-9-4-2-6-13-11(9)15-10/h2,4,6,8,12H,1,3,5,7H2. The number of hydrogen-bond acceptors (Lipinski definition) is 4. The molecular formula is C11H13N3S. The maximum absolute atomic E-state index is 4.65. The van der Waals surface area contributed by atoms with Gasteiger partial charge in [-0.15, -0.1) is 0 Å². The van der Waals surface area contributed by atoms with Crippen LogP contribution in [0.5, 0.6) is 0 Å². The van der Waals surface area contributed by atoms with E-state index in [1.165, 1.54) is 17.8 Å². The third-order valence-corrected chi connectivity index (χ3v) is 3.97. The van der Waals surface area contributed by atoms with Gasteiger partial charge in [-0.05, 0) is 31.5 Å². The Morgan fingerprint density at radius 1 is 1.47 bits per heavy atom. The van der Waals surface area contributed by atoms with E-state index in [0.717, 1.165) is 23.4 Å². The zero-order chi connectivity index (χ0) is 10.1. The van der Waals surface area contributed by atoms with Crippen LogP contribution in [0.2, 0.25) is 0 Å². The van der Waals surface area contributed by atoms with E-state index in [9.17, 15) is 0 Å². The van der Waals surface area contributed by atoms with Crippen LogP contribution in [0.15, 0.2) is 18.3 Å². The van der Waals surface area contributed by atoms with Crippen LogP contribution in [0.1, 0.15) is 23.8 Å². The van der Waals surface area contributed by atoms with Gasteiger partial charge in [0.05, 0.1) is 5.01 Å². The summed E-state index contributed by atoms with van der Waals surface area (Å²) in [5, 5.41) is 4.67. The zero-order valence-corrected chi connectivity index (χ0v) is 9.26. The Kier molecular flexibility index (Phi) is 2.38. The first kappa shape index (κ1) is 9.24. The molecule has 2 aromatic rings. The van der Waals surface area contributed by atoms with Crippen molar-refractivity contribution in [3.8, 4) is 0 Å². The molecule has 1 atom stereocenters. The second-order valence-electron chi connectivity index (χ2n) is 3.92. The number of fused-ring (bicyclic) bond motifs is 1. The predicted molar refractivity (Wildman–Crippen MR) is 62.3 cm³/mol. The summed E-state index contributed by atoms with van der Waals surface area (Å²) in [6.07, 6.45) is 4.35. The summed E-state index contributed by atoms with van der Waals surface area (Å²) in [4.78, 5) is 10.1. The number of piperidine rings is 1. The van der Waals surface area contributed by atoms with Gasteiger partial charge in [-0.25, -0.2) is 9.97 Å². The molecule has 15 heavy (non-hydrogen) atoms. The number of nitrogens with one attached hydrogen (secondary N) is 1. The maximum atomic E-state index is 4.65. The van der Waals surface area contributed by atoms with Gasteiger partial charge in [0.1, 0.15) is 10.3 Å². The van der Waals surface area contributed by atoms with Crippen LogP contribution in [0, 0.1) is 0 Å². The van der Waals surface area contributed by atoms with Crippen molar-refractivity contribution < 1.29 is 0 Å². The largest absolute Gasteiger partial charge is 0.316 e. The van der Waals surface area contributed by atoms with E-state index < -0.39 is 0 Å². The Balaban J connectivity index is 1.96. The van der Waals surface area contributed by atoms with E-state index in [4.69, 9.17) is 0 Å². The fourth-order valence-corrected chi connectivity index (χ4v) is 3.07. The molecule has 1 fully saturated rings. The fourth-order valence-electron chi connectivity index (χ4n) is 2.02. The molecule has 78 valence electrons. The molecule has 1 aliphatic rings. The zero-order valence-electron chi connectivity index (χ0n) is 8.44. The van der Waals surface area contributed by atoms with Gasteiger partial charge < -0.3 is 5.32 Å². The first-order valence-electron chi connectivity index (χ1n) is 5.35. The van der Waals surface area contributed by atoms with Crippen molar-refractivity contribution >= 4 is 21.7 Å². The van der Waals surface area contributed by atoms with E-state index in [-0.39, 0.29) is 0 Å². The molecule has 0 spiro atoms. The topological polar surface area (TPSA) is 37.8 Å². The van der Waals surface area contributed by atoms with Crippen LogP contribution in [0.3, 0.4) is 0 Å². The highest BCUT2D eigenvalue weighted by molar-refractivity contribution is 7.18. The first-order valence-corrected chi connectivity index (χ1v) is 6.17. The van der Waals surface area contributed by atoms with Crippen molar-refractivity contribution in [3.63, 3.8) is 0 Å². The molecule has 1 saturated heterocycles. The molecule has 0 aliphatic carbocycles. The number of aromatic nitrogens is 2. The molecule has 0 aromatic carbocycles. The Hall–Kier alpha value is -1.00. The van der Waals surface area contributed by atoms with Gasteiger partial charge in [-0.3, -0.25) is 0 Å². The van der Waals surface area contributed by atoms with E-state index in [0.29, 0.717) is 5.92 Å². The minimum absolute atomic E-state index is 0.595. The van der Waals surface area contributed by atoms with Gasteiger partial charge in [-0.2, -0.15) is 0 Å². The van der Waals surface area contributed by atoms with E-state index in [1.54, 1.807) is 11.3 Å². The van der Waals surface area contributed by atoms with Gasteiger partial charge in [0, 0.05) is 18.7 Å². The molecule has 3 heterocycles. The number of hydrogen-bond donors (Lipinski definition) is 1. The summed E-state index contributed by atoms with van der Waals surface area (Å²) in [5.41, 5.74) is 1.04. The lowest BCUT2D eigenvalue weighted by atomic mass is 10.0. The first-order chi connectivity index (χ1) is 7.43. The van der Waals surface area contributed by atoms with Crippen LogP contribution >= 0.6 is 11.3 Å². The van der Waals surface area contributed by atoms with Crippen LogP contribution in [-0.4, -0.2) is 23.1 Å². The van der Waals surface area contributed by atoms with Crippen molar-refractivity contribution in [3.05, 3.63) is 23.3 Å². The van der Waals surface area contributed by atoms with Crippen LogP contribution in [0.25, 0.3) is 10.3 Å². The molecule has 3 rings (SSSR count). The molecule has 1 aliphatic heterocycles. The Bertz CT molecular complexity index is 427. The number of rotatable bonds is 1. The van der Waals surface area contributed by atoms with Crippen molar-refractivity contribution in [1.29, 1.82) is 0 Å². The van der Waals surface area contributed by atoms with Crippen molar-refractivity contribution in [2.24, 2.45) is 0 Å². The minimum Gasteiger partial charge on any atom is -0.316 e. The lowest BCUT2D eigenvalue weighted by molar-refractivity contribution is 0.461. The summed E-state index contributed by atoms with van der Waals surface area (Å²) in [7, 11) is 0. The third kappa shape index (κ3) is 1.75. The number of nitrogens with zero attached hydrogens (tertiary/aromatic N) is 2. The molecular weight excluding hydrogens is 206 g/mol. The van der Waals surface area contributed by atoms with Crippen LogP contribution in [-0.2, 0) is 0 Å². The molecule has 1 unspecified atom stereocenters. The smallest absolute Gasteiger partial charge is 0.143 e. The highest BCUT2D eigenvalue weighted by Crippen LogP contribution is 2.29. The van der Waals surface area contributed by atoms with Crippen molar-refractivity contribution in [2.45, 2.75) is 18.8 Å². The summed E-state index contributed by atoms with van der Waals surface area (Å²) >= 11 is 1.74. The monoisotopic (exact) mass is 219 g/mol. The fraction of sp³-hybridized carbons (Fsp3) is 0.455. The summed E-state index contributed by atoms with van der Waals surface area (Å²) in [5.74, 6) is 0.595. The third-order valence-electron chi connectivity index (χ3n) is 2.83. The minimum atomic E-state index is 0.595. The quantitative estimate of drug-likeness (QED) is 0.798. The van der Waals surface area contributed by atoms with Gasteiger partial charge in [0.25, 0.3) is 0 Å². The Morgan fingerprint density at radius 2 is 2.47 bits per heavy atom. The molecule has 4 heteroatoms. The molecule has 2 aromatic heterocycles. The Morgan fingerprint density at radius 3 is 3.27 bits per heavy atom. The Labute approximate surface area is 92.6 Å². The highest BCUT2D eigenvalue weighted by atomic mass is 32.1. The van der Waals surface area contributed by atoms with Gasteiger partial charge >= 0.3 is 0 Å². The molecule has 3 nitrogen and oxygen atoms in total. The SMILES string of the molecule is c1cnc2sc(C3CCCNC3)nc2c1. The molecule has 0 bridgehead atoms. The van der Waals surface area contributed by atoms with E-state index >= 15 is 0 Å². The van der Waals surface area contributed by atoms with E-state index in [2.05, 4.69) is 15.3 Å². The summed E-state index contributed by atoms with van der Waals surface area (Å²) < 4.78 is 0. The number of pyridine rings is 1.